The molecule has 0 saturated heterocycles. The van der Waals surface area contributed by atoms with Crippen molar-refractivity contribution in [3.63, 3.8) is 0 Å². The van der Waals surface area contributed by atoms with E-state index in [2.05, 4.69) is 10.3 Å². The Morgan fingerprint density at radius 1 is 1.08 bits per heavy atom. The molecule has 0 bridgehead atoms. The lowest BCUT2D eigenvalue weighted by atomic mass is 10.0. The lowest BCUT2D eigenvalue weighted by Crippen LogP contribution is -2.44. The summed E-state index contributed by atoms with van der Waals surface area (Å²) in [6, 6.07) is 10.3. The van der Waals surface area contributed by atoms with Gasteiger partial charge in [0.05, 0.1) is 0 Å². The number of hydrogen-bond acceptors (Lipinski definition) is 4. The number of aromatic nitrogens is 1. The van der Waals surface area contributed by atoms with Gasteiger partial charge >= 0.3 is 0 Å². The number of benzene rings is 1. The smallest absolute Gasteiger partial charge is 0.251 e. The van der Waals surface area contributed by atoms with Crippen LogP contribution >= 0.6 is 0 Å². The van der Waals surface area contributed by atoms with E-state index in [1.54, 1.807) is 24.5 Å². The Kier molecular flexibility index (Phi) is 6.45. The second kappa shape index (κ2) is 8.79. The number of carbonyl (C=O) groups is 2. The first kappa shape index (κ1) is 17.6. The monoisotopic (exact) mass is 326 g/mol. The van der Waals surface area contributed by atoms with Gasteiger partial charge in [0, 0.05) is 18.0 Å². The minimum Gasteiger partial charge on any atom is -0.368 e. The molecule has 2 amide bonds. The van der Waals surface area contributed by atoms with Gasteiger partial charge in [0.15, 0.2) is 0 Å². The van der Waals surface area contributed by atoms with Crippen LogP contribution in [0.1, 0.15) is 29.6 Å². The summed E-state index contributed by atoms with van der Waals surface area (Å²) in [6.07, 6.45) is 5.49. The summed E-state index contributed by atoms with van der Waals surface area (Å²) in [4.78, 5) is 27.8. The first-order valence-electron chi connectivity index (χ1n) is 7.92. The zero-order valence-electron chi connectivity index (χ0n) is 13.4. The summed E-state index contributed by atoms with van der Waals surface area (Å²) < 4.78 is 0. The van der Waals surface area contributed by atoms with Gasteiger partial charge in [-0.3, -0.25) is 14.6 Å². The first-order valence-corrected chi connectivity index (χ1v) is 7.92. The van der Waals surface area contributed by atoms with E-state index in [1.807, 2.05) is 24.3 Å². The molecule has 126 valence electrons. The van der Waals surface area contributed by atoms with E-state index in [-0.39, 0.29) is 5.91 Å². The molecule has 1 heterocycles. The molecule has 0 aliphatic heterocycles. The number of pyridine rings is 1. The summed E-state index contributed by atoms with van der Waals surface area (Å²) in [7, 11) is 0. The Balaban J connectivity index is 2.02. The number of nitrogens with two attached hydrogens (primary N) is 2. The van der Waals surface area contributed by atoms with E-state index in [0.29, 0.717) is 18.5 Å². The van der Waals surface area contributed by atoms with Crippen LogP contribution in [0, 0.1) is 0 Å². The van der Waals surface area contributed by atoms with Crippen LogP contribution in [0.25, 0.3) is 11.1 Å². The predicted octanol–water partition coefficient (Wildman–Crippen LogP) is 1.46. The third-order valence-electron chi connectivity index (χ3n) is 3.74. The third-order valence-corrected chi connectivity index (χ3v) is 3.74. The largest absolute Gasteiger partial charge is 0.368 e. The number of nitrogens with one attached hydrogen (secondary N) is 1. The van der Waals surface area contributed by atoms with E-state index < -0.39 is 11.9 Å². The molecule has 1 aromatic heterocycles. The standard InChI is InChI=1S/C18H22N4O2/c19-10-2-1-5-16(17(20)23)22-18(24)14-8-6-13(7-9-14)15-4-3-11-21-12-15/h3-4,6-9,11-12,16H,1-2,5,10,19H2,(H2,20,23)(H,22,24)/t16-/m0/s1. The highest BCUT2D eigenvalue weighted by Gasteiger charge is 2.18. The first-order chi connectivity index (χ1) is 11.6. The van der Waals surface area contributed by atoms with Crippen molar-refractivity contribution >= 4 is 11.8 Å². The highest BCUT2D eigenvalue weighted by Crippen LogP contribution is 2.18. The van der Waals surface area contributed by atoms with Crippen LogP contribution in [0.15, 0.2) is 48.8 Å². The molecule has 1 atom stereocenters. The molecule has 6 heteroatoms. The zero-order chi connectivity index (χ0) is 17.4. The summed E-state index contributed by atoms with van der Waals surface area (Å²) >= 11 is 0. The summed E-state index contributed by atoms with van der Waals surface area (Å²) in [6.45, 7) is 0.551. The Labute approximate surface area is 141 Å². The van der Waals surface area contributed by atoms with Gasteiger partial charge in [-0.2, -0.15) is 0 Å². The van der Waals surface area contributed by atoms with Crippen LogP contribution in [0.5, 0.6) is 0 Å². The topological polar surface area (TPSA) is 111 Å². The second-order valence-electron chi connectivity index (χ2n) is 5.53. The maximum atomic E-state index is 12.3. The van der Waals surface area contributed by atoms with Gasteiger partial charge in [0.25, 0.3) is 5.91 Å². The van der Waals surface area contributed by atoms with Crippen molar-refractivity contribution in [3.8, 4) is 11.1 Å². The fraction of sp³-hybridized carbons (Fsp3) is 0.278. The van der Waals surface area contributed by atoms with Crippen molar-refractivity contribution in [1.29, 1.82) is 0 Å². The van der Waals surface area contributed by atoms with Crippen LogP contribution in [-0.2, 0) is 4.79 Å². The maximum Gasteiger partial charge on any atom is 0.251 e. The van der Waals surface area contributed by atoms with Crippen LogP contribution in [0.3, 0.4) is 0 Å². The minimum atomic E-state index is -0.679. The number of hydrogen-bond donors (Lipinski definition) is 3. The van der Waals surface area contributed by atoms with Crippen molar-refractivity contribution in [1.82, 2.24) is 10.3 Å². The number of carbonyl (C=O) groups excluding carboxylic acids is 2. The van der Waals surface area contributed by atoms with Crippen LogP contribution in [0.4, 0.5) is 0 Å². The highest BCUT2D eigenvalue weighted by atomic mass is 16.2. The van der Waals surface area contributed by atoms with Gasteiger partial charge < -0.3 is 16.8 Å². The van der Waals surface area contributed by atoms with Gasteiger partial charge in [0.2, 0.25) is 5.91 Å². The Bertz CT molecular complexity index is 671. The van der Waals surface area contributed by atoms with Crippen LogP contribution < -0.4 is 16.8 Å². The Morgan fingerprint density at radius 3 is 2.42 bits per heavy atom. The quantitative estimate of drug-likeness (QED) is 0.638. The molecule has 0 saturated carbocycles. The molecular formula is C18H22N4O2. The lowest BCUT2D eigenvalue weighted by Gasteiger charge is -2.15. The van der Waals surface area contributed by atoms with Gasteiger partial charge in [-0.15, -0.1) is 0 Å². The molecule has 5 N–H and O–H groups in total. The summed E-state index contributed by atoms with van der Waals surface area (Å²) in [5.74, 6) is -0.850. The summed E-state index contributed by atoms with van der Waals surface area (Å²) in [5.41, 5.74) is 13.2. The fourth-order valence-electron chi connectivity index (χ4n) is 2.37. The third kappa shape index (κ3) is 4.89. The average molecular weight is 326 g/mol. The molecule has 24 heavy (non-hydrogen) atoms. The molecule has 0 unspecified atom stereocenters. The highest BCUT2D eigenvalue weighted by molar-refractivity contribution is 5.97. The Morgan fingerprint density at radius 2 is 1.83 bits per heavy atom. The lowest BCUT2D eigenvalue weighted by molar-refractivity contribution is -0.120. The molecule has 2 aromatic rings. The van der Waals surface area contributed by atoms with E-state index in [9.17, 15) is 9.59 Å². The number of primary amides is 1. The van der Waals surface area contributed by atoms with E-state index in [1.165, 1.54) is 0 Å². The predicted molar refractivity (Wildman–Crippen MR) is 93.0 cm³/mol. The Hall–Kier alpha value is -2.73. The van der Waals surface area contributed by atoms with Gasteiger partial charge in [-0.1, -0.05) is 18.2 Å². The van der Waals surface area contributed by atoms with Gasteiger partial charge in [0.1, 0.15) is 6.04 Å². The molecular weight excluding hydrogens is 304 g/mol. The molecule has 2 rings (SSSR count). The maximum absolute atomic E-state index is 12.3. The number of nitrogens with zero attached hydrogens (tertiary/aromatic N) is 1. The molecule has 0 spiro atoms. The molecule has 6 nitrogen and oxygen atoms in total. The number of unbranched alkanes of at least 4 members (excludes halogenated alkanes) is 1. The zero-order valence-corrected chi connectivity index (χ0v) is 13.4. The normalized spacial score (nSPS) is 11.7. The summed E-state index contributed by atoms with van der Waals surface area (Å²) in [5, 5.41) is 2.68. The molecule has 0 fully saturated rings. The van der Waals surface area contributed by atoms with Crippen molar-refractivity contribution in [3.05, 3.63) is 54.4 Å². The van der Waals surface area contributed by atoms with Crippen molar-refractivity contribution in [2.24, 2.45) is 11.5 Å². The molecule has 0 aliphatic carbocycles. The molecule has 0 aliphatic rings. The minimum absolute atomic E-state index is 0.315. The SMILES string of the molecule is NCCCC[C@H](NC(=O)c1ccc(-c2cccnc2)cc1)C(N)=O. The molecule has 1 aromatic carbocycles. The van der Waals surface area contributed by atoms with E-state index in [4.69, 9.17) is 11.5 Å². The van der Waals surface area contributed by atoms with E-state index in [0.717, 1.165) is 24.0 Å². The van der Waals surface area contributed by atoms with Gasteiger partial charge in [-0.05, 0) is 55.1 Å². The van der Waals surface area contributed by atoms with Crippen LogP contribution in [0.2, 0.25) is 0 Å². The second-order valence-corrected chi connectivity index (χ2v) is 5.53. The van der Waals surface area contributed by atoms with E-state index >= 15 is 0 Å². The average Bonchev–Trinajstić information content (AvgIpc) is 2.61. The van der Waals surface area contributed by atoms with Crippen molar-refractivity contribution < 1.29 is 9.59 Å². The number of amides is 2. The van der Waals surface area contributed by atoms with Crippen molar-refractivity contribution in [2.75, 3.05) is 6.54 Å². The van der Waals surface area contributed by atoms with Crippen LogP contribution in [-0.4, -0.2) is 29.4 Å². The number of rotatable bonds is 8. The van der Waals surface area contributed by atoms with Crippen molar-refractivity contribution in [2.45, 2.75) is 25.3 Å². The fourth-order valence-corrected chi connectivity index (χ4v) is 2.37. The molecule has 0 radical (unpaired) electrons. The van der Waals surface area contributed by atoms with Gasteiger partial charge in [-0.25, -0.2) is 0 Å².